The molecule has 1 aromatic carbocycles. The molecule has 29 heavy (non-hydrogen) atoms. The molecule has 1 saturated heterocycles. The number of carbonyl (C=O) groups excluding carboxylic acids is 4. The minimum absolute atomic E-state index is 0.298. The van der Waals surface area contributed by atoms with E-state index in [-0.39, 0.29) is 6.61 Å². The molecule has 1 aliphatic heterocycles. The molecular weight excluding hydrogens is 386 g/mol. The monoisotopic (exact) mass is 409 g/mol. The van der Waals surface area contributed by atoms with Crippen LogP contribution in [0.15, 0.2) is 30.3 Å². The van der Waals surface area contributed by atoms with Gasteiger partial charge in [0.25, 0.3) is 5.91 Å². The molecule has 5 atom stereocenters. The minimum Gasteiger partial charge on any atom is -0.463 e. The molecule has 1 aromatic rings. The van der Waals surface area contributed by atoms with Crippen molar-refractivity contribution in [2.75, 3.05) is 6.61 Å². The molecule has 1 aliphatic rings. The van der Waals surface area contributed by atoms with E-state index in [1.807, 2.05) is 0 Å². The summed E-state index contributed by atoms with van der Waals surface area (Å²) in [6.45, 7) is 3.08. The molecule has 0 bridgehead atoms. The van der Waals surface area contributed by atoms with Crippen molar-refractivity contribution >= 4 is 23.8 Å². The Morgan fingerprint density at radius 2 is 1.55 bits per heavy atom. The van der Waals surface area contributed by atoms with E-state index in [1.54, 1.807) is 30.3 Å². The lowest BCUT2D eigenvalue weighted by molar-refractivity contribution is -0.263. The Balaban J connectivity index is 2.30. The van der Waals surface area contributed by atoms with Crippen LogP contribution in [0.5, 0.6) is 0 Å². The van der Waals surface area contributed by atoms with Gasteiger partial charge in [-0.05, 0) is 12.1 Å². The average Bonchev–Trinajstić information content (AvgIpc) is 2.65. The molecule has 1 fully saturated rings. The summed E-state index contributed by atoms with van der Waals surface area (Å²) in [4.78, 5) is 46.9. The topological polar surface area (TPSA) is 137 Å². The summed E-state index contributed by atoms with van der Waals surface area (Å²) in [6, 6.07) is 6.91. The molecule has 1 heterocycles. The highest BCUT2D eigenvalue weighted by Crippen LogP contribution is 2.26. The molecule has 1 amide bonds. The van der Waals surface area contributed by atoms with Gasteiger partial charge in [-0.3, -0.25) is 19.2 Å². The Hall–Kier alpha value is -2.98. The Kier molecular flexibility index (Phi) is 7.68. The highest BCUT2D eigenvalue weighted by atomic mass is 16.7. The van der Waals surface area contributed by atoms with Crippen molar-refractivity contribution in [2.24, 2.45) is 0 Å². The lowest BCUT2D eigenvalue weighted by Crippen LogP contribution is -2.66. The van der Waals surface area contributed by atoms with Crippen LogP contribution < -0.4 is 5.32 Å². The summed E-state index contributed by atoms with van der Waals surface area (Å²) in [5.41, 5.74) is 0.298. The van der Waals surface area contributed by atoms with Gasteiger partial charge in [0.05, 0.1) is 0 Å². The van der Waals surface area contributed by atoms with Crippen molar-refractivity contribution in [2.45, 2.75) is 51.4 Å². The maximum Gasteiger partial charge on any atom is 0.303 e. The zero-order chi connectivity index (χ0) is 21.6. The number of aliphatic hydroxyl groups is 1. The molecule has 0 saturated carbocycles. The van der Waals surface area contributed by atoms with Crippen LogP contribution in [-0.4, -0.2) is 66.2 Å². The smallest absolute Gasteiger partial charge is 0.303 e. The average molecular weight is 409 g/mol. The van der Waals surface area contributed by atoms with Crippen molar-refractivity contribution in [3.63, 3.8) is 0 Å². The van der Waals surface area contributed by atoms with Crippen LogP contribution in [0.3, 0.4) is 0 Å². The first-order valence-electron chi connectivity index (χ1n) is 8.86. The molecule has 0 aliphatic carbocycles. The number of carbonyl (C=O) groups is 4. The van der Waals surface area contributed by atoms with Crippen molar-refractivity contribution in [1.29, 1.82) is 0 Å². The van der Waals surface area contributed by atoms with Crippen molar-refractivity contribution in [3.8, 4) is 0 Å². The zero-order valence-corrected chi connectivity index (χ0v) is 16.2. The second-order valence-electron chi connectivity index (χ2n) is 6.38. The lowest BCUT2D eigenvalue weighted by Gasteiger charge is -2.43. The van der Waals surface area contributed by atoms with Crippen LogP contribution in [0.1, 0.15) is 31.1 Å². The summed E-state index contributed by atoms with van der Waals surface area (Å²) < 4.78 is 20.8. The molecule has 2 N–H and O–H groups in total. The number of benzene rings is 1. The van der Waals surface area contributed by atoms with Gasteiger partial charge in [-0.1, -0.05) is 18.2 Å². The van der Waals surface area contributed by atoms with E-state index in [0.29, 0.717) is 5.56 Å². The van der Waals surface area contributed by atoms with Gasteiger partial charge in [0.2, 0.25) is 0 Å². The van der Waals surface area contributed by atoms with Gasteiger partial charge in [0, 0.05) is 26.3 Å². The molecule has 0 spiro atoms. The normalized spacial score (nSPS) is 26.1. The van der Waals surface area contributed by atoms with Gasteiger partial charge >= 0.3 is 17.9 Å². The van der Waals surface area contributed by atoms with E-state index in [0.717, 1.165) is 13.8 Å². The van der Waals surface area contributed by atoms with Crippen LogP contribution in [0.4, 0.5) is 0 Å². The summed E-state index contributed by atoms with van der Waals surface area (Å²) in [5, 5.41) is 13.0. The highest BCUT2D eigenvalue weighted by molar-refractivity contribution is 5.94. The van der Waals surface area contributed by atoms with Gasteiger partial charge in [-0.25, -0.2) is 0 Å². The molecular formula is C19H23NO9. The third kappa shape index (κ3) is 6.26. The van der Waals surface area contributed by atoms with Crippen LogP contribution in [0.2, 0.25) is 0 Å². The fourth-order valence-corrected chi connectivity index (χ4v) is 2.90. The largest absolute Gasteiger partial charge is 0.463 e. The molecule has 2 unspecified atom stereocenters. The number of esters is 3. The van der Waals surface area contributed by atoms with Crippen LogP contribution in [-0.2, 0) is 33.3 Å². The SMILES string of the molecule is CC(=O)OCC1OC(O)[C@@H](NC(=O)c2ccccc2)[C@@H](OC(C)=O)[C@@H]1OC(C)=O. The van der Waals surface area contributed by atoms with Gasteiger partial charge in [-0.2, -0.15) is 0 Å². The van der Waals surface area contributed by atoms with E-state index < -0.39 is 54.5 Å². The fraction of sp³-hybridized carbons (Fsp3) is 0.474. The quantitative estimate of drug-likeness (QED) is 0.488. The van der Waals surface area contributed by atoms with Crippen molar-refractivity contribution in [3.05, 3.63) is 35.9 Å². The molecule has 10 heteroatoms. The standard InChI is InChI=1S/C19H23NO9/c1-10(21)26-9-14-16(27-11(2)22)17(28-12(3)23)15(19(25)29-14)20-18(24)13-7-5-4-6-8-13/h4-8,14-17,19,25H,9H2,1-3H3,(H,20,24)/t14?,15-,16+,17+,19?/m0/s1. The van der Waals surface area contributed by atoms with Gasteiger partial charge in [0.1, 0.15) is 18.8 Å². The van der Waals surface area contributed by atoms with Crippen LogP contribution in [0, 0.1) is 0 Å². The van der Waals surface area contributed by atoms with Crippen molar-refractivity contribution in [1.82, 2.24) is 5.32 Å². The zero-order valence-electron chi connectivity index (χ0n) is 16.2. The first-order chi connectivity index (χ1) is 13.7. The summed E-state index contributed by atoms with van der Waals surface area (Å²) in [6.07, 6.45) is -5.26. The van der Waals surface area contributed by atoms with Crippen LogP contribution >= 0.6 is 0 Å². The van der Waals surface area contributed by atoms with Crippen LogP contribution in [0.25, 0.3) is 0 Å². The number of aliphatic hydroxyl groups excluding tert-OH is 1. The third-order valence-corrected chi connectivity index (χ3v) is 4.05. The third-order valence-electron chi connectivity index (χ3n) is 4.05. The van der Waals surface area contributed by atoms with Gasteiger partial charge < -0.3 is 29.4 Å². The highest BCUT2D eigenvalue weighted by Gasteiger charge is 2.50. The van der Waals surface area contributed by atoms with E-state index in [9.17, 15) is 24.3 Å². The Labute approximate surface area is 167 Å². The van der Waals surface area contributed by atoms with Gasteiger partial charge in [0.15, 0.2) is 18.5 Å². The van der Waals surface area contributed by atoms with Gasteiger partial charge in [-0.15, -0.1) is 0 Å². The van der Waals surface area contributed by atoms with E-state index in [4.69, 9.17) is 18.9 Å². The number of hydrogen-bond acceptors (Lipinski definition) is 9. The second-order valence-corrected chi connectivity index (χ2v) is 6.38. The van der Waals surface area contributed by atoms with Crippen molar-refractivity contribution < 1.29 is 43.2 Å². The molecule has 0 radical (unpaired) electrons. The number of rotatable bonds is 6. The predicted molar refractivity (Wildman–Crippen MR) is 96.3 cm³/mol. The Bertz CT molecular complexity index is 751. The van der Waals surface area contributed by atoms with E-state index >= 15 is 0 Å². The minimum atomic E-state index is -1.63. The first-order valence-corrected chi connectivity index (χ1v) is 8.86. The maximum absolute atomic E-state index is 12.5. The lowest BCUT2D eigenvalue weighted by atomic mass is 9.96. The first kappa shape index (κ1) is 22.3. The molecule has 2 rings (SSSR count). The summed E-state index contributed by atoms with van der Waals surface area (Å²) >= 11 is 0. The van der Waals surface area contributed by atoms with E-state index in [2.05, 4.69) is 5.32 Å². The predicted octanol–water partition coefficient (Wildman–Crippen LogP) is -0.0713. The Morgan fingerprint density at radius 1 is 0.966 bits per heavy atom. The molecule has 158 valence electrons. The summed E-state index contributed by atoms with van der Waals surface area (Å²) in [5.74, 6) is -2.62. The fourth-order valence-electron chi connectivity index (χ4n) is 2.90. The Morgan fingerprint density at radius 3 is 2.10 bits per heavy atom. The number of nitrogens with one attached hydrogen (secondary N) is 1. The number of ether oxygens (including phenoxy) is 4. The second kappa shape index (κ2) is 9.99. The number of amides is 1. The van der Waals surface area contributed by atoms with E-state index in [1.165, 1.54) is 6.92 Å². The summed E-state index contributed by atoms with van der Waals surface area (Å²) in [7, 11) is 0. The molecule has 0 aromatic heterocycles. The number of hydrogen-bond donors (Lipinski definition) is 2. The maximum atomic E-state index is 12.5. The molecule has 10 nitrogen and oxygen atoms in total.